The van der Waals surface area contributed by atoms with Gasteiger partial charge in [-0.15, -0.1) is 0 Å². The van der Waals surface area contributed by atoms with Gasteiger partial charge < -0.3 is 4.98 Å². The molecule has 0 aromatic carbocycles. The number of rotatable bonds is 2. The van der Waals surface area contributed by atoms with E-state index < -0.39 is 0 Å². The van der Waals surface area contributed by atoms with E-state index in [2.05, 4.69) is 36.9 Å². The number of fused-ring (bicyclic) bond motifs is 1. The second kappa shape index (κ2) is 4.51. The number of aryl methyl sites for hydroxylation is 2. The normalized spacial score (nSPS) is 22.5. The van der Waals surface area contributed by atoms with Crippen LogP contribution in [-0.4, -0.2) is 19.7 Å². The highest BCUT2D eigenvalue weighted by molar-refractivity contribution is 5.52. The molecule has 2 atom stereocenters. The molecule has 102 valence electrons. The van der Waals surface area contributed by atoms with Crippen LogP contribution in [0.2, 0.25) is 0 Å². The van der Waals surface area contributed by atoms with Gasteiger partial charge in [0.25, 0.3) is 0 Å². The molecule has 0 bridgehead atoms. The molecule has 4 nitrogen and oxygen atoms in total. The third-order valence-electron chi connectivity index (χ3n) is 4.41. The molecule has 4 heteroatoms. The molecule has 2 aromatic heterocycles. The van der Waals surface area contributed by atoms with E-state index in [0.717, 1.165) is 48.3 Å². The van der Waals surface area contributed by atoms with Crippen molar-refractivity contribution in [3.05, 3.63) is 23.1 Å². The minimum Gasteiger partial charge on any atom is -0.340 e. The Morgan fingerprint density at radius 2 is 2.05 bits per heavy atom. The zero-order valence-corrected chi connectivity index (χ0v) is 12.2. The van der Waals surface area contributed by atoms with Crippen LogP contribution in [0.5, 0.6) is 0 Å². The first kappa shape index (κ1) is 12.5. The minimum absolute atomic E-state index is 0.724. The summed E-state index contributed by atoms with van der Waals surface area (Å²) in [6, 6.07) is 2.14. The fourth-order valence-electron chi connectivity index (χ4n) is 2.85. The molecule has 3 rings (SSSR count). The number of hydrogen-bond donors (Lipinski definition) is 1. The summed E-state index contributed by atoms with van der Waals surface area (Å²) in [6.07, 6.45) is 3.16. The van der Waals surface area contributed by atoms with Crippen molar-refractivity contribution in [2.75, 3.05) is 0 Å². The molecule has 1 N–H and O–H groups in total. The molecule has 0 fully saturated rings. The molecule has 1 aliphatic rings. The van der Waals surface area contributed by atoms with Gasteiger partial charge in [-0.1, -0.05) is 20.8 Å². The van der Waals surface area contributed by atoms with Gasteiger partial charge in [0, 0.05) is 12.7 Å². The number of nitrogens with one attached hydrogen (secondary N) is 1. The summed E-state index contributed by atoms with van der Waals surface area (Å²) < 4.78 is 1.93. The van der Waals surface area contributed by atoms with E-state index in [4.69, 9.17) is 4.98 Å². The first-order valence-corrected chi connectivity index (χ1v) is 7.19. The van der Waals surface area contributed by atoms with Crippen LogP contribution in [0.3, 0.4) is 0 Å². The van der Waals surface area contributed by atoms with Crippen LogP contribution in [0.4, 0.5) is 0 Å². The summed E-state index contributed by atoms with van der Waals surface area (Å²) in [5, 5.41) is 4.50. The Balaban J connectivity index is 1.99. The summed E-state index contributed by atoms with van der Waals surface area (Å²) in [5.41, 5.74) is 4.78. The lowest BCUT2D eigenvalue weighted by Crippen LogP contribution is -2.20. The van der Waals surface area contributed by atoms with Crippen molar-refractivity contribution < 1.29 is 0 Å². The molecule has 0 saturated heterocycles. The van der Waals surface area contributed by atoms with Crippen molar-refractivity contribution in [1.82, 2.24) is 19.7 Å². The monoisotopic (exact) mass is 258 g/mol. The molecule has 1 aliphatic carbocycles. The third-order valence-corrected chi connectivity index (χ3v) is 4.41. The maximum absolute atomic E-state index is 4.80. The second-order valence-corrected chi connectivity index (χ2v) is 5.87. The number of imidazole rings is 1. The number of hydrogen-bond acceptors (Lipinski definition) is 2. The van der Waals surface area contributed by atoms with Gasteiger partial charge in [0.1, 0.15) is 5.69 Å². The molecule has 0 radical (unpaired) electrons. The highest BCUT2D eigenvalue weighted by atomic mass is 15.3. The summed E-state index contributed by atoms with van der Waals surface area (Å²) >= 11 is 0. The van der Waals surface area contributed by atoms with Crippen molar-refractivity contribution in [2.45, 2.75) is 40.0 Å². The van der Waals surface area contributed by atoms with E-state index in [1.54, 1.807) is 0 Å². The SMILES string of the molecule is CCc1cc(-c2nc3c([nH]2)CC(C)C(C)C3)n(C)n1. The Morgan fingerprint density at radius 3 is 2.74 bits per heavy atom. The number of aromatic nitrogens is 4. The molecule has 0 spiro atoms. The standard InChI is InChI=1S/C15H22N4/c1-5-11-8-14(19(4)18-11)15-16-12-6-9(2)10(3)7-13(12)17-15/h8-10H,5-7H2,1-4H3,(H,16,17). The summed E-state index contributed by atoms with van der Waals surface area (Å²) in [5.74, 6) is 2.43. The molecule has 0 aliphatic heterocycles. The molecule has 0 amide bonds. The van der Waals surface area contributed by atoms with Crippen LogP contribution in [0.15, 0.2) is 6.07 Å². The van der Waals surface area contributed by atoms with Crippen LogP contribution in [-0.2, 0) is 26.3 Å². The lowest BCUT2D eigenvalue weighted by Gasteiger charge is -2.24. The summed E-state index contributed by atoms with van der Waals surface area (Å²) in [7, 11) is 1.99. The van der Waals surface area contributed by atoms with E-state index in [-0.39, 0.29) is 0 Å². The predicted molar refractivity (Wildman–Crippen MR) is 75.9 cm³/mol. The largest absolute Gasteiger partial charge is 0.340 e. The van der Waals surface area contributed by atoms with Gasteiger partial charge in [0.05, 0.1) is 11.4 Å². The topological polar surface area (TPSA) is 46.5 Å². The van der Waals surface area contributed by atoms with Gasteiger partial charge >= 0.3 is 0 Å². The van der Waals surface area contributed by atoms with Crippen LogP contribution in [0.1, 0.15) is 37.9 Å². The zero-order valence-electron chi connectivity index (χ0n) is 12.2. The average molecular weight is 258 g/mol. The van der Waals surface area contributed by atoms with Crippen molar-refractivity contribution in [3.8, 4) is 11.5 Å². The van der Waals surface area contributed by atoms with Gasteiger partial charge in [0.15, 0.2) is 5.82 Å². The van der Waals surface area contributed by atoms with Crippen LogP contribution < -0.4 is 0 Å². The maximum atomic E-state index is 4.80. The van der Waals surface area contributed by atoms with Gasteiger partial charge in [-0.05, 0) is 37.2 Å². The van der Waals surface area contributed by atoms with E-state index in [1.807, 2.05) is 11.7 Å². The molecule has 2 heterocycles. The first-order valence-electron chi connectivity index (χ1n) is 7.19. The van der Waals surface area contributed by atoms with E-state index in [0.29, 0.717) is 0 Å². The molecular formula is C15H22N4. The van der Waals surface area contributed by atoms with Gasteiger partial charge in [-0.3, -0.25) is 4.68 Å². The maximum Gasteiger partial charge on any atom is 0.156 e. The van der Waals surface area contributed by atoms with Gasteiger partial charge in [-0.2, -0.15) is 5.10 Å². The van der Waals surface area contributed by atoms with E-state index >= 15 is 0 Å². The molecule has 2 unspecified atom stereocenters. The Hall–Kier alpha value is -1.58. The van der Waals surface area contributed by atoms with Crippen LogP contribution in [0.25, 0.3) is 11.5 Å². The lowest BCUT2D eigenvalue weighted by molar-refractivity contribution is 0.355. The average Bonchev–Trinajstić information content (AvgIpc) is 2.93. The van der Waals surface area contributed by atoms with Crippen molar-refractivity contribution >= 4 is 0 Å². The lowest BCUT2D eigenvalue weighted by atomic mass is 9.82. The van der Waals surface area contributed by atoms with Crippen molar-refractivity contribution in [1.29, 1.82) is 0 Å². The predicted octanol–water partition coefficient (Wildman–Crippen LogP) is 2.74. The Morgan fingerprint density at radius 1 is 1.32 bits per heavy atom. The van der Waals surface area contributed by atoms with E-state index in [1.165, 1.54) is 11.4 Å². The molecular weight excluding hydrogens is 236 g/mol. The van der Waals surface area contributed by atoms with Crippen molar-refractivity contribution in [3.63, 3.8) is 0 Å². The Labute approximate surface area is 114 Å². The first-order chi connectivity index (χ1) is 9.08. The number of aromatic amines is 1. The zero-order chi connectivity index (χ0) is 13.6. The number of nitrogens with zero attached hydrogens (tertiary/aromatic N) is 3. The Kier molecular flexibility index (Phi) is 2.96. The summed E-state index contributed by atoms with van der Waals surface area (Å²) in [4.78, 5) is 8.31. The fourth-order valence-corrected chi connectivity index (χ4v) is 2.85. The Bertz CT molecular complexity index is 566. The third kappa shape index (κ3) is 2.09. The quantitative estimate of drug-likeness (QED) is 0.900. The second-order valence-electron chi connectivity index (χ2n) is 5.87. The van der Waals surface area contributed by atoms with Gasteiger partial charge in [-0.25, -0.2) is 4.98 Å². The number of H-pyrrole nitrogens is 1. The van der Waals surface area contributed by atoms with E-state index in [9.17, 15) is 0 Å². The van der Waals surface area contributed by atoms with Gasteiger partial charge in [0.2, 0.25) is 0 Å². The van der Waals surface area contributed by atoms with Crippen molar-refractivity contribution in [2.24, 2.45) is 18.9 Å². The summed E-state index contributed by atoms with van der Waals surface area (Å²) in [6.45, 7) is 6.78. The molecule has 19 heavy (non-hydrogen) atoms. The fraction of sp³-hybridized carbons (Fsp3) is 0.600. The smallest absolute Gasteiger partial charge is 0.156 e. The van der Waals surface area contributed by atoms with Crippen LogP contribution in [0, 0.1) is 11.8 Å². The minimum atomic E-state index is 0.724. The highest BCUT2D eigenvalue weighted by Crippen LogP contribution is 2.30. The highest BCUT2D eigenvalue weighted by Gasteiger charge is 2.25. The van der Waals surface area contributed by atoms with Crippen LogP contribution >= 0.6 is 0 Å². The molecule has 0 saturated carbocycles. The molecule has 2 aromatic rings.